The van der Waals surface area contributed by atoms with Gasteiger partial charge in [-0.15, -0.1) is 0 Å². The molecule has 0 saturated heterocycles. The molecule has 0 aliphatic carbocycles. The number of hydrogen-bond donors (Lipinski definition) is 1. The summed E-state index contributed by atoms with van der Waals surface area (Å²) in [7, 11) is 0. The summed E-state index contributed by atoms with van der Waals surface area (Å²) in [5.74, 6) is 0.645. The molecule has 2 rings (SSSR count). The molecule has 0 aliphatic heterocycles. The minimum atomic E-state index is -1.04. The van der Waals surface area contributed by atoms with Crippen molar-refractivity contribution in [3.63, 3.8) is 0 Å². The molecular weight excluding hydrogens is 252 g/mol. The van der Waals surface area contributed by atoms with Crippen LogP contribution in [0.1, 0.15) is 25.2 Å². The molecule has 2 aromatic rings. The number of furan rings is 1. The first-order valence-electron chi connectivity index (χ1n) is 6.72. The van der Waals surface area contributed by atoms with Crippen molar-refractivity contribution in [2.75, 3.05) is 6.54 Å². The van der Waals surface area contributed by atoms with Crippen LogP contribution in [0.15, 0.2) is 53.1 Å². The van der Waals surface area contributed by atoms with Crippen LogP contribution in [0, 0.1) is 0 Å². The first-order chi connectivity index (χ1) is 9.55. The van der Waals surface area contributed by atoms with Gasteiger partial charge in [0.15, 0.2) is 0 Å². The van der Waals surface area contributed by atoms with Gasteiger partial charge in [0.05, 0.1) is 12.8 Å². The maximum absolute atomic E-state index is 12.7. The summed E-state index contributed by atoms with van der Waals surface area (Å²) >= 11 is 0. The van der Waals surface area contributed by atoms with Crippen molar-refractivity contribution in [2.24, 2.45) is 5.73 Å². The number of nitrogens with two attached hydrogens (primary N) is 1. The van der Waals surface area contributed by atoms with Crippen molar-refractivity contribution >= 4 is 5.91 Å². The Balaban J connectivity index is 2.19. The minimum absolute atomic E-state index is 0.109. The van der Waals surface area contributed by atoms with Crippen LogP contribution < -0.4 is 5.73 Å². The molecule has 1 amide bonds. The molecule has 4 nitrogen and oxygen atoms in total. The number of carbonyl (C=O) groups is 1. The Morgan fingerprint density at radius 3 is 2.50 bits per heavy atom. The lowest BCUT2D eigenvalue weighted by Gasteiger charge is -2.31. The van der Waals surface area contributed by atoms with E-state index in [1.165, 1.54) is 0 Å². The maximum atomic E-state index is 12.7. The highest BCUT2D eigenvalue weighted by atomic mass is 16.3. The van der Waals surface area contributed by atoms with Crippen LogP contribution in [0.4, 0.5) is 0 Å². The van der Waals surface area contributed by atoms with Gasteiger partial charge in [-0.05, 0) is 31.5 Å². The van der Waals surface area contributed by atoms with Gasteiger partial charge in [0.1, 0.15) is 11.3 Å². The van der Waals surface area contributed by atoms with Crippen LogP contribution in [-0.4, -0.2) is 17.4 Å². The van der Waals surface area contributed by atoms with Crippen molar-refractivity contribution in [3.8, 4) is 0 Å². The van der Waals surface area contributed by atoms with Gasteiger partial charge in [0, 0.05) is 6.54 Å². The number of hydrogen-bond acceptors (Lipinski definition) is 3. The first kappa shape index (κ1) is 14.3. The van der Waals surface area contributed by atoms with Crippen molar-refractivity contribution in [1.29, 1.82) is 0 Å². The molecule has 4 heteroatoms. The molecule has 1 aromatic heterocycles. The summed E-state index contributed by atoms with van der Waals surface area (Å²) in [6, 6.07) is 13.1. The molecule has 0 aliphatic rings. The third kappa shape index (κ3) is 2.91. The molecule has 106 valence electrons. The van der Waals surface area contributed by atoms with Gasteiger partial charge in [-0.2, -0.15) is 0 Å². The molecule has 20 heavy (non-hydrogen) atoms. The minimum Gasteiger partial charge on any atom is -0.467 e. The molecule has 2 N–H and O–H groups in total. The Labute approximate surface area is 119 Å². The van der Waals surface area contributed by atoms with E-state index < -0.39 is 5.54 Å². The van der Waals surface area contributed by atoms with E-state index in [2.05, 4.69) is 0 Å². The normalized spacial score (nSPS) is 13.8. The summed E-state index contributed by atoms with van der Waals surface area (Å²) in [4.78, 5) is 14.4. The summed E-state index contributed by atoms with van der Waals surface area (Å²) in [5, 5.41) is 0. The molecule has 0 saturated carbocycles. The van der Waals surface area contributed by atoms with Crippen molar-refractivity contribution < 1.29 is 9.21 Å². The topological polar surface area (TPSA) is 59.5 Å². The fraction of sp³-hybridized carbons (Fsp3) is 0.312. The van der Waals surface area contributed by atoms with Gasteiger partial charge < -0.3 is 15.1 Å². The smallest absolute Gasteiger partial charge is 0.247 e. The highest BCUT2D eigenvalue weighted by Gasteiger charge is 2.34. The van der Waals surface area contributed by atoms with E-state index in [0.717, 1.165) is 11.3 Å². The van der Waals surface area contributed by atoms with Crippen molar-refractivity contribution in [1.82, 2.24) is 4.90 Å². The Kier molecular flexibility index (Phi) is 4.25. The first-order valence-corrected chi connectivity index (χ1v) is 6.72. The predicted octanol–water partition coefficient (Wildman–Crippen LogP) is 2.50. The Morgan fingerprint density at radius 1 is 1.25 bits per heavy atom. The van der Waals surface area contributed by atoms with Gasteiger partial charge in [0.2, 0.25) is 5.91 Å². The SMILES string of the molecule is CCN(Cc1ccco1)C(=O)C(C)(N)c1ccccc1. The second kappa shape index (κ2) is 5.92. The Hall–Kier alpha value is -2.07. The highest BCUT2D eigenvalue weighted by molar-refractivity contribution is 5.87. The number of likely N-dealkylation sites (N-methyl/N-ethyl adjacent to an activating group) is 1. The molecule has 1 aromatic carbocycles. The zero-order valence-electron chi connectivity index (χ0n) is 11.9. The van der Waals surface area contributed by atoms with E-state index in [1.54, 1.807) is 18.1 Å². The quantitative estimate of drug-likeness (QED) is 0.909. The fourth-order valence-corrected chi connectivity index (χ4v) is 2.15. The lowest BCUT2D eigenvalue weighted by atomic mass is 9.91. The summed E-state index contributed by atoms with van der Waals surface area (Å²) < 4.78 is 5.30. The van der Waals surface area contributed by atoms with Crippen LogP contribution in [0.2, 0.25) is 0 Å². The van der Waals surface area contributed by atoms with E-state index in [1.807, 2.05) is 49.4 Å². The summed E-state index contributed by atoms with van der Waals surface area (Å²) in [5.41, 5.74) is 6.04. The van der Waals surface area contributed by atoms with E-state index in [0.29, 0.717) is 13.1 Å². The van der Waals surface area contributed by atoms with Crippen LogP contribution in [0.3, 0.4) is 0 Å². The predicted molar refractivity (Wildman–Crippen MR) is 77.8 cm³/mol. The van der Waals surface area contributed by atoms with E-state index in [-0.39, 0.29) is 5.91 Å². The van der Waals surface area contributed by atoms with Gasteiger partial charge in [-0.3, -0.25) is 4.79 Å². The average Bonchev–Trinajstić information content (AvgIpc) is 2.98. The second-order valence-corrected chi connectivity index (χ2v) is 4.97. The lowest BCUT2D eigenvalue weighted by molar-refractivity contribution is -0.137. The molecule has 0 fully saturated rings. The maximum Gasteiger partial charge on any atom is 0.247 e. The fourth-order valence-electron chi connectivity index (χ4n) is 2.15. The van der Waals surface area contributed by atoms with Crippen LogP contribution >= 0.6 is 0 Å². The molecule has 1 unspecified atom stereocenters. The molecule has 0 bridgehead atoms. The van der Waals surface area contributed by atoms with Gasteiger partial charge in [-0.1, -0.05) is 30.3 Å². The van der Waals surface area contributed by atoms with E-state index in [4.69, 9.17) is 10.2 Å². The standard InChI is InChI=1S/C16H20N2O2/c1-3-18(12-14-10-7-11-20-14)15(19)16(2,17)13-8-5-4-6-9-13/h4-11H,3,12,17H2,1-2H3. The molecule has 0 spiro atoms. The molecule has 1 heterocycles. The van der Waals surface area contributed by atoms with Gasteiger partial charge in [-0.25, -0.2) is 0 Å². The van der Waals surface area contributed by atoms with Crippen LogP contribution in [0.5, 0.6) is 0 Å². The molecule has 0 radical (unpaired) electrons. The lowest BCUT2D eigenvalue weighted by Crippen LogP contribution is -2.50. The number of carbonyl (C=O) groups excluding carboxylic acids is 1. The zero-order chi connectivity index (χ0) is 14.6. The summed E-state index contributed by atoms with van der Waals surface area (Å²) in [6.07, 6.45) is 1.60. The van der Waals surface area contributed by atoms with Crippen LogP contribution in [-0.2, 0) is 16.9 Å². The molecule has 1 atom stereocenters. The Morgan fingerprint density at radius 2 is 1.95 bits per heavy atom. The Bertz CT molecular complexity index is 547. The van der Waals surface area contributed by atoms with Gasteiger partial charge in [0.25, 0.3) is 0 Å². The number of amides is 1. The zero-order valence-corrected chi connectivity index (χ0v) is 11.9. The van der Waals surface area contributed by atoms with E-state index in [9.17, 15) is 4.79 Å². The highest BCUT2D eigenvalue weighted by Crippen LogP contribution is 2.21. The third-order valence-electron chi connectivity index (χ3n) is 3.41. The monoisotopic (exact) mass is 272 g/mol. The van der Waals surface area contributed by atoms with Gasteiger partial charge >= 0.3 is 0 Å². The van der Waals surface area contributed by atoms with Crippen molar-refractivity contribution in [2.45, 2.75) is 25.9 Å². The largest absolute Gasteiger partial charge is 0.467 e. The summed E-state index contributed by atoms with van der Waals surface area (Å²) in [6.45, 7) is 4.69. The molecular formula is C16H20N2O2. The number of rotatable bonds is 5. The number of nitrogens with zero attached hydrogens (tertiary/aromatic N) is 1. The second-order valence-electron chi connectivity index (χ2n) is 4.97. The van der Waals surface area contributed by atoms with Crippen LogP contribution in [0.25, 0.3) is 0 Å². The average molecular weight is 272 g/mol. The van der Waals surface area contributed by atoms with Crippen molar-refractivity contribution in [3.05, 3.63) is 60.1 Å². The number of benzene rings is 1. The third-order valence-corrected chi connectivity index (χ3v) is 3.41. The van der Waals surface area contributed by atoms with E-state index >= 15 is 0 Å².